The molecule has 3 heterocycles. The van der Waals surface area contributed by atoms with Crippen molar-refractivity contribution in [2.45, 2.75) is 13.0 Å². The second-order valence-electron chi connectivity index (χ2n) is 8.10. The van der Waals surface area contributed by atoms with Crippen molar-refractivity contribution in [3.63, 3.8) is 0 Å². The Bertz CT molecular complexity index is 1650. The van der Waals surface area contributed by atoms with E-state index in [1.807, 2.05) is 59.3 Å². The first-order valence-electron chi connectivity index (χ1n) is 11.6. The molecule has 0 N–H and O–H groups in total. The van der Waals surface area contributed by atoms with Gasteiger partial charge in [-0.25, -0.2) is 9.79 Å². The van der Waals surface area contributed by atoms with Gasteiger partial charge in [0.1, 0.15) is 0 Å². The average Bonchev–Trinajstić information content (AvgIpc) is 3.55. The number of methoxy groups -OCH3 is 2. The Morgan fingerprint density at radius 1 is 1.08 bits per heavy atom. The van der Waals surface area contributed by atoms with Crippen LogP contribution in [0.1, 0.15) is 29.7 Å². The van der Waals surface area contributed by atoms with E-state index in [1.165, 1.54) is 11.3 Å². The van der Waals surface area contributed by atoms with E-state index >= 15 is 0 Å². The van der Waals surface area contributed by atoms with Gasteiger partial charge in [-0.3, -0.25) is 9.36 Å². The molecule has 0 spiro atoms. The fourth-order valence-electron chi connectivity index (χ4n) is 4.29. The summed E-state index contributed by atoms with van der Waals surface area (Å²) in [5.41, 5.74) is 2.89. The number of carbonyl (C=O) groups is 1. The molecule has 7 nitrogen and oxygen atoms in total. The molecule has 0 amide bonds. The second-order valence-corrected chi connectivity index (χ2v) is 9.89. The average molecular weight is 533 g/mol. The molecule has 0 radical (unpaired) electrons. The standard InChI is InChI=1S/C28H24N2O5S2/c1-4-35-27(32)23-24(18-8-6-5-7-9-18)29-28-30(26(31)22(37-28)14-17-12-13-36-16-17)25(23)19-10-11-20(33-2)21(15-19)34-3/h5-16,25H,4H2,1-3H3/b22-14+/t25-/m1/s1. The molecule has 1 aliphatic heterocycles. The van der Waals surface area contributed by atoms with Gasteiger partial charge in [0.2, 0.25) is 0 Å². The first-order valence-corrected chi connectivity index (χ1v) is 13.3. The summed E-state index contributed by atoms with van der Waals surface area (Å²) in [5.74, 6) is 0.500. The Morgan fingerprint density at radius 3 is 2.54 bits per heavy atom. The summed E-state index contributed by atoms with van der Waals surface area (Å²) in [6.45, 7) is 1.94. The Morgan fingerprint density at radius 2 is 1.86 bits per heavy atom. The van der Waals surface area contributed by atoms with E-state index in [9.17, 15) is 9.59 Å². The highest BCUT2D eigenvalue weighted by Gasteiger charge is 2.35. The van der Waals surface area contributed by atoms with Crippen LogP contribution < -0.4 is 24.4 Å². The molecule has 188 valence electrons. The lowest BCUT2D eigenvalue weighted by Gasteiger charge is -2.26. The van der Waals surface area contributed by atoms with Crippen molar-refractivity contribution in [1.29, 1.82) is 0 Å². The Kier molecular flexibility index (Phi) is 7.07. The summed E-state index contributed by atoms with van der Waals surface area (Å²) in [6, 6.07) is 16.0. The number of aromatic nitrogens is 1. The van der Waals surface area contributed by atoms with E-state index in [0.717, 1.165) is 11.1 Å². The fraction of sp³-hybridized carbons (Fsp3) is 0.179. The van der Waals surface area contributed by atoms with Gasteiger partial charge in [-0.05, 0) is 53.1 Å². The van der Waals surface area contributed by atoms with Crippen molar-refractivity contribution in [3.05, 3.63) is 107 Å². The first kappa shape index (κ1) is 24.7. The molecule has 2 aromatic heterocycles. The van der Waals surface area contributed by atoms with Crippen molar-refractivity contribution in [2.24, 2.45) is 4.99 Å². The van der Waals surface area contributed by atoms with E-state index in [4.69, 9.17) is 19.2 Å². The zero-order chi connectivity index (χ0) is 25.9. The summed E-state index contributed by atoms with van der Waals surface area (Å²) in [4.78, 5) is 32.7. The van der Waals surface area contributed by atoms with Crippen LogP contribution in [0.25, 0.3) is 11.8 Å². The summed E-state index contributed by atoms with van der Waals surface area (Å²) < 4.78 is 18.6. The normalized spacial score (nSPS) is 15.2. The number of thiazole rings is 1. The predicted molar refractivity (Wildman–Crippen MR) is 145 cm³/mol. The minimum absolute atomic E-state index is 0.186. The molecular formula is C28H24N2O5S2. The van der Waals surface area contributed by atoms with Gasteiger partial charge in [0.15, 0.2) is 16.3 Å². The van der Waals surface area contributed by atoms with Crippen molar-refractivity contribution >= 4 is 40.4 Å². The maximum absolute atomic E-state index is 13.8. The van der Waals surface area contributed by atoms with Crippen LogP contribution in [-0.2, 0) is 9.53 Å². The van der Waals surface area contributed by atoms with Crippen molar-refractivity contribution < 1.29 is 19.0 Å². The molecule has 0 fully saturated rings. The number of ether oxygens (including phenoxy) is 3. The van der Waals surface area contributed by atoms with Crippen LogP contribution in [0.4, 0.5) is 0 Å². The van der Waals surface area contributed by atoms with Crippen LogP contribution >= 0.6 is 22.7 Å². The zero-order valence-electron chi connectivity index (χ0n) is 20.5. The molecule has 1 atom stereocenters. The molecule has 2 aromatic carbocycles. The highest BCUT2D eigenvalue weighted by Crippen LogP contribution is 2.38. The fourth-order valence-corrected chi connectivity index (χ4v) is 5.91. The van der Waals surface area contributed by atoms with Gasteiger partial charge in [0.05, 0.1) is 42.7 Å². The topological polar surface area (TPSA) is 79.1 Å². The van der Waals surface area contributed by atoms with Gasteiger partial charge in [-0.2, -0.15) is 11.3 Å². The van der Waals surface area contributed by atoms with E-state index in [1.54, 1.807) is 49.2 Å². The maximum atomic E-state index is 13.8. The lowest BCUT2D eigenvalue weighted by molar-refractivity contribution is -0.138. The molecule has 0 saturated heterocycles. The van der Waals surface area contributed by atoms with Crippen LogP contribution in [-0.4, -0.2) is 31.4 Å². The van der Waals surface area contributed by atoms with Crippen LogP contribution in [0.2, 0.25) is 0 Å². The minimum Gasteiger partial charge on any atom is -0.493 e. The quantitative estimate of drug-likeness (QED) is 0.336. The number of carbonyl (C=O) groups excluding carboxylic acids is 1. The Hall–Kier alpha value is -3.95. The van der Waals surface area contributed by atoms with Crippen molar-refractivity contribution in [3.8, 4) is 11.5 Å². The van der Waals surface area contributed by atoms with Crippen LogP contribution in [0.5, 0.6) is 11.5 Å². The molecule has 4 aromatic rings. The molecule has 37 heavy (non-hydrogen) atoms. The number of nitrogens with zero attached hydrogens (tertiary/aromatic N) is 2. The largest absolute Gasteiger partial charge is 0.493 e. The Balaban J connectivity index is 1.85. The van der Waals surface area contributed by atoms with Crippen LogP contribution in [0, 0.1) is 0 Å². The second kappa shape index (κ2) is 10.6. The smallest absolute Gasteiger partial charge is 0.338 e. The van der Waals surface area contributed by atoms with Gasteiger partial charge in [-0.1, -0.05) is 47.7 Å². The molecule has 0 saturated carbocycles. The van der Waals surface area contributed by atoms with E-state index in [0.29, 0.717) is 32.1 Å². The van der Waals surface area contributed by atoms with Gasteiger partial charge < -0.3 is 14.2 Å². The summed E-state index contributed by atoms with van der Waals surface area (Å²) in [5, 5.41) is 3.94. The number of fused-ring (bicyclic) bond motifs is 1. The third-order valence-corrected chi connectivity index (χ3v) is 7.62. The predicted octanol–water partition coefficient (Wildman–Crippen LogP) is 4.01. The third-order valence-electron chi connectivity index (χ3n) is 5.94. The van der Waals surface area contributed by atoms with E-state index in [2.05, 4.69) is 0 Å². The molecule has 1 aliphatic rings. The SMILES string of the molecule is CCOC(=O)C1=C(c2ccccc2)N=c2s/c(=C/c3ccsc3)c(=O)n2[C@@H]1c1ccc(OC)c(OC)c1. The Labute approximate surface area is 221 Å². The van der Waals surface area contributed by atoms with E-state index < -0.39 is 12.0 Å². The molecule has 9 heteroatoms. The maximum Gasteiger partial charge on any atom is 0.338 e. The first-order chi connectivity index (χ1) is 18.0. The van der Waals surface area contributed by atoms with Crippen molar-refractivity contribution in [1.82, 2.24) is 4.57 Å². The molecule has 0 aliphatic carbocycles. The minimum atomic E-state index is -0.782. The third kappa shape index (κ3) is 4.63. The van der Waals surface area contributed by atoms with E-state index in [-0.39, 0.29) is 17.7 Å². The zero-order valence-corrected chi connectivity index (χ0v) is 22.1. The van der Waals surface area contributed by atoms with Gasteiger partial charge >= 0.3 is 5.97 Å². The molecule has 5 rings (SSSR count). The number of rotatable bonds is 7. The summed E-state index contributed by atoms with van der Waals surface area (Å²) in [6.07, 6.45) is 1.85. The number of thiophene rings is 1. The lowest BCUT2D eigenvalue weighted by Crippen LogP contribution is -2.40. The summed E-state index contributed by atoms with van der Waals surface area (Å²) >= 11 is 2.85. The molecule has 0 bridgehead atoms. The number of benzene rings is 2. The number of hydrogen-bond acceptors (Lipinski definition) is 8. The molecular weight excluding hydrogens is 508 g/mol. The van der Waals surface area contributed by atoms with Crippen molar-refractivity contribution in [2.75, 3.05) is 20.8 Å². The van der Waals surface area contributed by atoms with Crippen LogP contribution in [0.15, 0.2) is 80.7 Å². The number of esters is 1. The van der Waals surface area contributed by atoms with Gasteiger partial charge in [0, 0.05) is 5.56 Å². The lowest BCUT2D eigenvalue weighted by atomic mass is 9.93. The monoisotopic (exact) mass is 532 g/mol. The molecule has 0 unspecified atom stereocenters. The number of hydrogen-bond donors (Lipinski definition) is 0. The van der Waals surface area contributed by atoms with Crippen LogP contribution in [0.3, 0.4) is 0 Å². The highest BCUT2D eigenvalue weighted by molar-refractivity contribution is 7.08. The highest BCUT2D eigenvalue weighted by atomic mass is 32.1. The van der Waals surface area contributed by atoms with Gasteiger partial charge in [0.25, 0.3) is 5.56 Å². The summed E-state index contributed by atoms with van der Waals surface area (Å²) in [7, 11) is 3.11. The van der Waals surface area contributed by atoms with Gasteiger partial charge in [-0.15, -0.1) is 0 Å².